The molecule has 0 aliphatic heterocycles. The van der Waals surface area contributed by atoms with E-state index >= 15 is 0 Å². The van der Waals surface area contributed by atoms with Crippen LogP contribution in [0, 0.1) is 0 Å². The minimum Gasteiger partial charge on any atom is -0.348 e. The van der Waals surface area contributed by atoms with E-state index in [-0.39, 0.29) is 17.5 Å². The number of para-hydroxylation sites is 2. The van der Waals surface area contributed by atoms with E-state index in [0.717, 1.165) is 41.9 Å². The van der Waals surface area contributed by atoms with E-state index in [1.807, 2.05) is 25.2 Å². The summed E-state index contributed by atoms with van der Waals surface area (Å²) in [5, 5.41) is 3.35. The number of nitrogens with one attached hydrogen (secondary N) is 1. The number of fused-ring (bicyclic) bond motifs is 1. The monoisotopic (exact) mass is 424 g/mol. The second-order valence-corrected chi connectivity index (χ2v) is 9.46. The quantitative estimate of drug-likeness (QED) is 0.551. The van der Waals surface area contributed by atoms with Gasteiger partial charge < -0.3 is 14.5 Å². The van der Waals surface area contributed by atoms with Crippen molar-refractivity contribution in [3.8, 4) is 0 Å². The van der Waals surface area contributed by atoms with Gasteiger partial charge in [-0.3, -0.25) is 4.79 Å². The molecule has 1 N–H and O–H groups in total. The highest BCUT2D eigenvalue weighted by Crippen LogP contribution is 2.38. The zero-order chi connectivity index (χ0) is 21.0. The molecule has 160 valence electrons. The van der Waals surface area contributed by atoms with Crippen molar-refractivity contribution in [3.05, 3.63) is 54.6 Å². The second-order valence-electron chi connectivity index (χ2n) is 8.47. The molecule has 1 fully saturated rings. The molecular formula is C24H32N4OS. The summed E-state index contributed by atoms with van der Waals surface area (Å²) in [6.45, 7) is 0. The molecule has 2 aromatic heterocycles. The van der Waals surface area contributed by atoms with E-state index in [4.69, 9.17) is 4.98 Å². The number of amides is 1. The fraction of sp³-hybridized carbons (Fsp3) is 0.500. The molecule has 1 amide bonds. The minimum atomic E-state index is -0.0950. The van der Waals surface area contributed by atoms with Gasteiger partial charge in [0.15, 0.2) is 0 Å². The first-order chi connectivity index (χ1) is 14.6. The van der Waals surface area contributed by atoms with Gasteiger partial charge >= 0.3 is 0 Å². The molecule has 5 nitrogen and oxygen atoms in total. The molecule has 4 rings (SSSR count). The number of aryl methyl sites for hydroxylation is 1. The molecule has 0 unspecified atom stereocenters. The summed E-state index contributed by atoms with van der Waals surface area (Å²) in [6, 6.07) is 12.2. The Morgan fingerprint density at radius 2 is 1.90 bits per heavy atom. The Bertz CT molecular complexity index is 972. The normalized spacial score (nSPS) is 17.1. The van der Waals surface area contributed by atoms with Gasteiger partial charge in [-0.2, -0.15) is 11.8 Å². The van der Waals surface area contributed by atoms with Gasteiger partial charge in [0.05, 0.1) is 29.0 Å². The van der Waals surface area contributed by atoms with Crippen LogP contribution in [0.5, 0.6) is 0 Å². The van der Waals surface area contributed by atoms with Gasteiger partial charge in [-0.05, 0) is 55.5 Å². The molecule has 1 aliphatic rings. The Kier molecular flexibility index (Phi) is 6.52. The number of thioether (sulfide) groups is 1. The lowest BCUT2D eigenvalue weighted by Crippen LogP contribution is -2.42. The van der Waals surface area contributed by atoms with Gasteiger partial charge in [0.1, 0.15) is 5.82 Å². The highest BCUT2D eigenvalue weighted by molar-refractivity contribution is 7.98. The lowest BCUT2D eigenvalue weighted by molar-refractivity contribution is -0.124. The third-order valence-electron chi connectivity index (χ3n) is 6.51. The Balaban J connectivity index is 1.56. The van der Waals surface area contributed by atoms with Crippen LogP contribution in [0.25, 0.3) is 11.0 Å². The first-order valence-electron chi connectivity index (χ1n) is 11.0. The summed E-state index contributed by atoms with van der Waals surface area (Å²) >= 11 is 1.80. The van der Waals surface area contributed by atoms with Gasteiger partial charge in [0.25, 0.3) is 0 Å². The van der Waals surface area contributed by atoms with E-state index in [1.165, 1.54) is 19.3 Å². The lowest BCUT2D eigenvalue weighted by atomic mass is 9.78. The van der Waals surface area contributed by atoms with Crippen molar-refractivity contribution in [2.75, 3.05) is 12.0 Å². The van der Waals surface area contributed by atoms with Crippen molar-refractivity contribution in [1.29, 1.82) is 0 Å². The Morgan fingerprint density at radius 3 is 2.60 bits per heavy atom. The maximum atomic E-state index is 13.3. The van der Waals surface area contributed by atoms with Crippen LogP contribution in [-0.2, 0) is 17.4 Å². The number of benzene rings is 1. The molecule has 0 radical (unpaired) electrons. The number of hydrogen-bond donors (Lipinski definition) is 1. The van der Waals surface area contributed by atoms with Crippen LogP contribution >= 0.6 is 11.8 Å². The van der Waals surface area contributed by atoms with Crippen molar-refractivity contribution in [3.63, 3.8) is 0 Å². The molecule has 0 bridgehead atoms. The minimum absolute atomic E-state index is 0.0762. The van der Waals surface area contributed by atoms with E-state index in [2.05, 4.69) is 51.3 Å². The zero-order valence-electron chi connectivity index (χ0n) is 18.0. The fourth-order valence-corrected chi connectivity index (χ4v) is 5.38. The predicted octanol–water partition coefficient (Wildman–Crippen LogP) is 5.03. The second kappa shape index (κ2) is 9.29. The molecular weight excluding hydrogens is 392 g/mol. The van der Waals surface area contributed by atoms with Gasteiger partial charge in [-0.15, -0.1) is 0 Å². The Morgan fingerprint density at radius 1 is 1.17 bits per heavy atom. The number of aromatic nitrogens is 3. The van der Waals surface area contributed by atoms with Crippen LogP contribution in [0.2, 0.25) is 0 Å². The van der Waals surface area contributed by atoms with Gasteiger partial charge in [0, 0.05) is 19.4 Å². The molecule has 0 saturated heterocycles. The average molecular weight is 425 g/mol. The zero-order valence-corrected chi connectivity index (χ0v) is 18.8. The van der Waals surface area contributed by atoms with Crippen molar-refractivity contribution in [2.24, 2.45) is 7.05 Å². The largest absolute Gasteiger partial charge is 0.348 e. The van der Waals surface area contributed by atoms with Gasteiger partial charge in [-0.1, -0.05) is 31.4 Å². The molecule has 30 heavy (non-hydrogen) atoms. The maximum absolute atomic E-state index is 13.3. The summed E-state index contributed by atoms with van der Waals surface area (Å²) in [4.78, 5) is 18.2. The first kappa shape index (κ1) is 21.0. The third-order valence-corrected chi connectivity index (χ3v) is 7.15. The van der Waals surface area contributed by atoms with Crippen LogP contribution < -0.4 is 5.32 Å². The predicted molar refractivity (Wildman–Crippen MR) is 125 cm³/mol. The summed E-state index contributed by atoms with van der Waals surface area (Å²) in [7, 11) is 2.05. The van der Waals surface area contributed by atoms with Crippen molar-refractivity contribution < 1.29 is 4.79 Å². The summed E-state index contributed by atoms with van der Waals surface area (Å²) in [5.41, 5.74) is 1.99. The lowest BCUT2D eigenvalue weighted by Gasteiger charge is -2.39. The topological polar surface area (TPSA) is 51.9 Å². The molecule has 2 heterocycles. The Labute approximate surface area is 183 Å². The molecule has 1 saturated carbocycles. The standard InChI is InChI=1S/C24H32N4OS/c1-27-21-11-5-4-10-19(21)26-23(27)20(12-17-30-2)25-22(29)18-24(13-6-3-7-14-24)28-15-8-9-16-28/h4-5,8-11,15-16,20H,3,6-7,12-14,17-18H2,1-2H3,(H,25,29)/t20-/m0/s1. The van der Waals surface area contributed by atoms with Crippen molar-refractivity contribution in [2.45, 2.75) is 56.5 Å². The third kappa shape index (κ3) is 4.29. The molecule has 1 aliphatic carbocycles. The highest BCUT2D eigenvalue weighted by atomic mass is 32.2. The van der Waals surface area contributed by atoms with E-state index in [1.54, 1.807) is 11.8 Å². The van der Waals surface area contributed by atoms with Crippen LogP contribution in [0.4, 0.5) is 0 Å². The van der Waals surface area contributed by atoms with Gasteiger partial charge in [-0.25, -0.2) is 4.98 Å². The summed E-state index contributed by atoms with van der Waals surface area (Å²) < 4.78 is 4.40. The molecule has 1 atom stereocenters. The summed E-state index contributed by atoms with van der Waals surface area (Å²) in [5.74, 6) is 2.05. The van der Waals surface area contributed by atoms with Crippen LogP contribution in [0.15, 0.2) is 48.8 Å². The Hall–Kier alpha value is -2.21. The molecule has 1 aromatic carbocycles. The van der Waals surface area contributed by atoms with Gasteiger partial charge in [0.2, 0.25) is 5.91 Å². The van der Waals surface area contributed by atoms with Crippen LogP contribution in [0.1, 0.15) is 56.8 Å². The van der Waals surface area contributed by atoms with Crippen LogP contribution in [-0.4, -0.2) is 32.0 Å². The van der Waals surface area contributed by atoms with Crippen molar-refractivity contribution >= 4 is 28.7 Å². The van der Waals surface area contributed by atoms with E-state index in [0.29, 0.717) is 6.42 Å². The van der Waals surface area contributed by atoms with Crippen molar-refractivity contribution in [1.82, 2.24) is 19.4 Å². The number of imidazole rings is 1. The number of hydrogen-bond acceptors (Lipinski definition) is 3. The number of nitrogens with zero attached hydrogens (tertiary/aromatic N) is 3. The number of carbonyl (C=O) groups is 1. The van der Waals surface area contributed by atoms with E-state index < -0.39 is 0 Å². The number of carbonyl (C=O) groups excluding carboxylic acids is 1. The molecule has 3 aromatic rings. The van der Waals surface area contributed by atoms with E-state index in [9.17, 15) is 4.79 Å². The number of rotatable bonds is 8. The average Bonchev–Trinajstić information content (AvgIpc) is 3.41. The first-order valence-corrected chi connectivity index (χ1v) is 12.4. The van der Waals surface area contributed by atoms with Crippen LogP contribution in [0.3, 0.4) is 0 Å². The maximum Gasteiger partial charge on any atom is 0.222 e. The molecule has 0 spiro atoms. The molecule has 6 heteroatoms. The summed E-state index contributed by atoms with van der Waals surface area (Å²) in [6.07, 6.45) is 13.5. The smallest absolute Gasteiger partial charge is 0.222 e. The highest BCUT2D eigenvalue weighted by Gasteiger charge is 2.36. The SMILES string of the molecule is CSCC[C@H](NC(=O)CC1(n2cccc2)CCCCC1)c1nc2ccccc2n1C. The fourth-order valence-electron chi connectivity index (χ4n) is 4.91.